The summed E-state index contributed by atoms with van der Waals surface area (Å²) in [4.78, 5) is 12.4. The second-order valence-electron chi connectivity index (χ2n) is 5.35. The Morgan fingerprint density at radius 2 is 2.29 bits per heavy atom. The number of ketones is 1. The lowest BCUT2D eigenvalue weighted by atomic mass is 9.78. The number of nitrogens with two attached hydrogens (primary N) is 1. The van der Waals surface area contributed by atoms with Crippen LogP contribution in [0.4, 0.5) is 0 Å². The van der Waals surface area contributed by atoms with E-state index >= 15 is 0 Å². The molecule has 0 saturated heterocycles. The molecule has 0 saturated carbocycles. The maximum absolute atomic E-state index is 12.4. The first kappa shape index (κ1) is 13.4. The molecule has 3 rings (SSSR count). The van der Waals surface area contributed by atoms with Gasteiger partial charge in [0.2, 0.25) is 5.88 Å². The zero-order valence-electron chi connectivity index (χ0n) is 12.0. The SMILES string of the molecule is Cc1c([C@H]2C(C#N)=C(N)OC3=C2C(=O)CCC3)cnn1C. The quantitative estimate of drug-likeness (QED) is 0.844. The summed E-state index contributed by atoms with van der Waals surface area (Å²) in [5.41, 5.74) is 8.50. The lowest BCUT2D eigenvalue weighted by Gasteiger charge is -2.30. The normalized spacial score (nSPS) is 22.0. The minimum atomic E-state index is -0.458. The van der Waals surface area contributed by atoms with Gasteiger partial charge < -0.3 is 10.5 Å². The fourth-order valence-corrected chi connectivity index (χ4v) is 2.97. The predicted molar refractivity (Wildman–Crippen MR) is 74.5 cm³/mol. The Kier molecular flexibility index (Phi) is 3.05. The molecule has 108 valence electrons. The molecule has 1 aliphatic heterocycles. The van der Waals surface area contributed by atoms with Crippen LogP contribution < -0.4 is 5.73 Å². The fraction of sp³-hybridized carbons (Fsp3) is 0.400. The smallest absolute Gasteiger partial charge is 0.205 e. The van der Waals surface area contributed by atoms with E-state index in [1.165, 1.54) is 0 Å². The van der Waals surface area contributed by atoms with Crippen molar-refractivity contribution in [3.63, 3.8) is 0 Å². The van der Waals surface area contributed by atoms with E-state index in [9.17, 15) is 10.1 Å². The summed E-state index contributed by atoms with van der Waals surface area (Å²) < 4.78 is 7.25. The largest absolute Gasteiger partial charge is 0.444 e. The minimum Gasteiger partial charge on any atom is -0.444 e. The molecular formula is C15H16N4O2. The number of ether oxygens (including phenoxy) is 1. The van der Waals surface area contributed by atoms with E-state index < -0.39 is 5.92 Å². The molecule has 0 fully saturated rings. The first-order chi connectivity index (χ1) is 10.0. The van der Waals surface area contributed by atoms with Crippen molar-refractivity contribution in [2.24, 2.45) is 12.8 Å². The molecule has 6 nitrogen and oxygen atoms in total. The first-order valence-corrected chi connectivity index (χ1v) is 6.87. The molecule has 2 aliphatic rings. The van der Waals surface area contributed by atoms with Crippen LogP contribution in [0.2, 0.25) is 0 Å². The zero-order chi connectivity index (χ0) is 15.1. The van der Waals surface area contributed by atoms with Crippen molar-refractivity contribution in [3.8, 4) is 6.07 Å². The number of carbonyl (C=O) groups is 1. The van der Waals surface area contributed by atoms with Gasteiger partial charge >= 0.3 is 0 Å². The van der Waals surface area contributed by atoms with Crippen molar-refractivity contribution in [2.45, 2.75) is 32.1 Å². The number of hydrogen-bond donors (Lipinski definition) is 1. The van der Waals surface area contributed by atoms with Crippen LogP contribution in [0, 0.1) is 18.3 Å². The Labute approximate surface area is 122 Å². The summed E-state index contributed by atoms with van der Waals surface area (Å²) in [7, 11) is 1.83. The molecule has 0 radical (unpaired) electrons. The topological polar surface area (TPSA) is 93.9 Å². The number of aryl methyl sites for hydroxylation is 1. The van der Waals surface area contributed by atoms with Crippen LogP contribution in [0.3, 0.4) is 0 Å². The van der Waals surface area contributed by atoms with Crippen molar-refractivity contribution in [1.29, 1.82) is 5.26 Å². The van der Waals surface area contributed by atoms with Gasteiger partial charge in [-0.05, 0) is 13.3 Å². The predicted octanol–water partition coefficient (Wildman–Crippen LogP) is 1.54. The molecule has 0 amide bonds. The third kappa shape index (κ3) is 1.93. The van der Waals surface area contributed by atoms with Crippen LogP contribution in [-0.4, -0.2) is 15.6 Å². The molecule has 0 spiro atoms. The van der Waals surface area contributed by atoms with Crippen LogP contribution in [0.15, 0.2) is 29.0 Å². The van der Waals surface area contributed by atoms with Gasteiger partial charge in [-0.25, -0.2) is 0 Å². The van der Waals surface area contributed by atoms with Gasteiger partial charge in [0.25, 0.3) is 0 Å². The molecule has 2 N–H and O–H groups in total. The molecule has 0 bridgehead atoms. The van der Waals surface area contributed by atoms with Crippen LogP contribution in [0.5, 0.6) is 0 Å². The van der Waals surface area contributed by atoms with E-state index in [2.05, 4.69) is 11.2 Å². The van der Waals surface area contributed by atoms with E-state index in [1.807, 2.05) is 14.0 Å². The second-order valence-corrected chi connectivity index (χ2v) is 5.35. The fourth-order valence-electron chi connectivity index (χ4n) is 2.97. The minimum absolute atomic E-state index is 0.0322. The van der Waals surface area contributed by atoms with Crippen molar-refractivity contribution in [3.05, 3.63) is 40.2 Å². The summed E-state index contributed by atoms with van der Waals surface area (Å²) in [5, 5.41) is 13.7. The molecule has 6 heteroatoms. The Morgan fingerprint density at radius 3 is 2.90 bits per heavy atom. The van der Waals surface area contributed by atoms with Gasteiger partial charge in [0.15, 0.2) is 5.78 Å². The highest BCUT2D eigenvalue weighted by Gasteiger charge is 2.39. The van der Waals surface area contributed by atoms with Crippen LogP contribution >= 0.6 is 0 Å². The summed E-state index contributed by atoms with van der Waals surface area (Å²) in [6.07, 6.45) is 3.61. The molecule has 1 aromatic rings. The second kappa shape index (κ2) is 4.77. The highest BCUT2D eigenvalue weighted by atomic mass is 16.5. The van der Waals surface area contributed by atoms with Crippen LogP contribution in [0.1, 0.15) is 36.4 Å². The maximum atomic E-state index is 12.4. The van der Waals surface area contributed by atoms with E-state index in [1.54, 1.807) is 10.9 Å². The van der Waals surface area contributed by atoms with E-state index in [0.29, 0.717) is 29.7 Å². The summed E-state index contributed by atoms with van der Waals surface area (Å²) in [5.74, 6) is 0.278. The average Bonchev–Trinajstić information content (AvgIpc) is 2.78. The Morgan fingerprint density at radius 1 is 1.52 bits per heavy atom. The van der Waals surface area contributed by atoms with E-state index in [-0.39, 0.29) is 11.7 Å². The number of Topliss-reactive ketones (excluding diaryl/α,β-unsaturated/α-hetero) is 1. The molecular weight excluding hydrogens is 268 g/mol. The Bertz CT molecular complexity index is 733. The van der Waals surface area contributed by atoms with Gasteiger partial charge in [0, 0.05) is 36.7 Å². The molecule has 21 heavy (non-hydrogen) atoms. The lowest BCUT2D eigenvalue weighted by molar-refractivity contribution is -0.116. The van der Waals surface area contributed by atoms with Gasteiger partial charge in [-0.15, -0.1) is 0 Å². The summed E-state index contributed by atoms with van der Waals surface area (Å²) in [6.45, 7) is 1.91. The van der Waals surface area contributed by atoms with Crippen molar-refractivity contribution >= 4 is 5.78 Å². The Hall–Kier alpha value is -2.55. The number of allylic oxidation sites excluding steroid dienone is 3. The van der Waals surface area contributed by atoms with E-state index in [0.717, 1.165) is 17.7 Å². The van der Waals surface area contributed by atoms with Crippen molar-refractivity contribution in [1.82, 2.24) is 9.78 Å². The standard InChI is InChI=1S/C15H16N4O2/c1-8-10(7-18-19(8)2)13-9(6-16)15(17)21-12-5-3-4-11(20)14(12)13/h7,13H,3-5,17H2,1-2H3/t13-/m1/s1. The maximum Gasteiger partial charge on any atom is 0.205 e. The number of hydrogen-bond acceptors (Lipinski definition) is 5. The summed E-state index contributed by atoms with van der Waals surface area (Å²) in [6, 6.07) is 2.10. The van der Waals surface area contributed by atoms with Crippen molar-refractivity contribution < 1.29 is 9.53 Å². The number of carbonyl (C=O) groups excluding carboxylic acids is 1. The highest BCUT2D eigenvalue weighted by molar-refractivity contribution is 5.99. The molecule has 0 aromatic carbocycles. The van der Waals surface area contributed by atoms with Gasteiger partial charge in [-0.1, -0.05) is 0 Å². The number of nitrogens with zero attached hydrogens (tertiary/aromatic N) is 3. The summed E-state index contributed by atoms with van der Waals surface area (Å²) >= 11 is 0. The lowest BCUT2D eigenvalue weighted by Crippen LogP contribution is -2.27. The van der Waals surface area contributed by atoms with Gasteiger partial charge in [0.1, 0.15) is 17.4 Å². The Balaban J connectivity index is 2.22. The molecule has 1 aromatic heterocycles. The zero-order valence-corrected chi connectivity index (χ0v) is 12.0. The van der Waals surface area contributed by atoms with Gasteiger partial charge in [0.05, 0.1) is 12.1 Å². The third-order valence-electron chi connectivity index (χ3n) is 4.19. The number of nitriles is 1. The average molecular weight is 284 g/mol. The highest BCUT2D eigenvalue weighted by Crippen LogP contribution is 2.43. The third-order valence-corrected chi connectivity index (χ3v) is 4.19. The van der Waals surface area contributed by atoms with Crippen LogP contribution in [-0.2, 0) is 16.6 Å². The monoisotopic (exact) mass is 284 g/mol. The van der Waals surface area contributed by atoms with Crippen LogP contribution in [0.25, 0.3) is 0 Å². The first-order valence-electron chi connectivity index (χ1n) is 6.87. The van der Waals surface area contributed by atoms with Gasteiger partial charge in [-0.3, -0.25) is 9.48 Å². The van der Waals surface area contributed by atoms with E-state index in [4.69, 9.17) is 10.5 Å². The van der Waals surface area contributed by atoms with Gasteiger partial charge in [-0.2, -0.15) is 10.4 Å². The number of aromatic nitrogens is 2. The molecule has 0 unspecified atom stereocenters. The molecule has 2 heterocycles. The molecule has 1 aliphatic carbocycles. The molecule has 1 atom stereocenters. The van der Waals surface area contributed by atoms with Crippen molar-refractivity contribution in [2.75, 3.05) is 0 Å². The number of rotatable bonds is 1.